The van der Waals surface area contributed by atoms with Gasteiger partial charge in [0, 0.05) is 18.5 Å². The molecular weight excluding hydrogens is 154 g/mol. The van der Waals surface area contributed by atoms with E-state index in [1.165, 1.54) is 6.07 Å². The Bertz CT molecular complexity index is 415. The molecule has 0 aliphatic heterocycles. The second-order valence-electron chi connectivity index (χ2n) is 2.37. The maximum atomic E-state index is 10.8. The number of nitrogens with zero attached hydrogens (tertiary/aromatic N) is 2. The lowest BCUT2D eigenvalue weighted by atomic mass is 10.4. The first-order chi connectivity index (χ1) is 5.86. The molecule has 0 aliphatic rings. The molecule has 0 amide bonds. The largest absolute Gasteiger partial charge is 0.268 e. The molecule has 4 nitrogen and oxygen atoms in total. The van der Waals surface area contributed by atoms with Gasteiger partial charge in [-0.05, 0) is 12.1 Å². The van der Waals surface area contributed by atoms with E-state index < -0.39 is 0 Å². The highest BCUT2D eigenvalue weighted by atomic mass is 16.1. The van der Waals surface area contributed by atoms with Crippen molar-refractivity contribution in [3.63, 3.8) is 0 Å². The molecule has 0 atom stereocenters. The smallest absolute Gasteiger partial charge is 0.264 e. The summed E-state index contributed by atoms with van der Waals surface area (Å²) in [5.74, 6) is 0. The highest BCUT2D eigenvalue weighted by Gasteiger charge is 1.93. The molecule has 0 saturated heterocycles. The molecule has 60 valence electrons. The quantitative estimate of drug-likeness (QED) is 0.664. The van der Waals surface area contributed by atoms with Gasteiger partial charge in [0.2, 0.25) is 0 Å². The zero-order valence-electron chi connectivity index (χ0n) is 6.27. The number of pyridine rings is 1. The van der Waals surface area contributed by atoms with Crippen molar-refractivity contribution in [2.24, 2.45) is 0 Å². The zero-order valence-corrected chi connectivity index (χ0v) is 6.27. The van der Waals surface area contributed by atoms with Crippen LogP contribution < -0.4 is 5.56 Å². The Labute approximate surface area is 68.5 Å². The molecule has 0 unspecified atom stereocenters. The van der Waals surface area contributed by atoms with Gasteiger partial charge in [-0.1, -0.05) is 0 Å². The second kappa shape index (κ2) is 2.65. The van der Waals surface area contributed by atoms with E-state index in [4.69, 9.17) is 0 Å². The van der Waals surface area contributed by atoms with Crippen LogP contribution in [0.25, 0.3) is 5.69 Å². The molecule has 0 aliphatic carbocycles. The van der Waals surface area contributed by atoms with Gasteiger partial charge in [-0.3, -0.25) is 19.6 Å². The van der Waals surface area contributed by atoms with Crippen molar-refractivity contribution in [3.8, 4) is 5.69 Å². The van der Waals surface area contributed by atoms with Crippen molar-refractivity contribution in [1.29, 1.82) is 0 Å². The molecule has 0 saturated carbocycles. The normalized spacial score (nSPS) is 10.0. The highest BCUT2D eigenvalue weighted by molar-refractivity contribution is 5.25. The summed E-state index contributed by atoms with van der Waals surface area (Å²) in [5, 5.41) is 2.61. The number of aromatic amines is 1. The Morgan fingerprint density at radius 3 is 2.92 bits per heavy atom. The van der Waals surface area contributed by atoms with Gasteiger partial charge in [-0.15, -0.1) is 0 Å². The minimum Gasteiger partial charge on any atom is -0.268 e. The summed E-state index contributed by atoms with van der Waals surface area (Å²) in [4.78, 5) is 14.7. The van der Waals surface area contributed by atoms with Crippen LogP contribution >= 0.6 is 0 Å². The lowest BCUT2D eigenvalue weighted by Crippen LogP contribution is -2.02. The van der Waals surface area contributed by atoms with Gasteiger partial charge in [-0.25, -0.2) is 0 Å². The summed E-state index contributed by atoms with van der Waals surface area (Å²) >= 11 is 0. The predicted octanol–water partition coefficient (Wildman–Crippen LogP) is 0.561. The molecule has 0 radical (unpaired) electrons. The summed E-state index contributed by atoms with van der Waals surface area (Å²) in [6.07, 6.45) is 5.03. The van der Waals surface area contributed by atoms with Crippen LogP contribution in [0.15, 0.2) is 41.6 Å². The van der Waals surface area contributed by atoms with Crippen molar-refractivity contribution >= 4 is 0 Å². The fourth-order valence-corrected chi connectivity index (χ4v) is 0.982. The monoisotopic (exact) mass is 161 g/mol. The molecule has 1 N–H and O–H groups in total. The molecule has 2 aromatic heterocycles. The Kier molecular flexibility index (Phi) is 1.51. The Morgan fingerprint density at radius 2 is 2.33 bits per heavy atom. The average Bonchev–Trinajstić information content (AvgIpc) is 2.54. The standard InChI is InChI=1S/C8H7N3O/c12-8-3-5-11(10-8)7-2-1-4-9-6-7/h1-6H,(H,10,12). The summed E-state index contributed by atoms with van der Waals surface area (Å²) in [5.41, 5.74) is 0.735. The Morgan fingerprint density at radius 1 is 1.42 bits per heavy atom. The van der Waals surface area contributed by atoms with Crippen LogP contribution in [0.5, 0.6) is 0 Å². The minimum atomic E-state index is -0.112. The minimum absolute atomic E-state index is 0.112. The van der Waals surface area contributed by atoms with Crippen LogP contribution in [0.2, 0.25) is 0 Å². The van der Waals surface area contributed by atoms with Crippen molar-refractivity contribution < 1.29 is 0 Å². The van der Waals surface area contributed by atoms with Gasteiger partial charge in [-0.2, -0.15) is 0 Å². The van der Waals surface area contributed by atoms with Gasteiger partial charge >= 0.3 is 0 Å². The molecule has 0 fully saturated rings. The third kappa shape index (κ3) is 1.14. The van der Waals surface area contributed by atoms with Crippen molar-refractivity contribution in [3.05, 3.63) is 47.1 Å². The van der Waals surface area contributed by atoms with E-state index >= 15 is 0 Å². The van der Waals surface area contributed by atoms with Gasteiger partial charge in [0.15, 0.2) is 0 Å². The molecule has 0 bridgehead atoms. The van der Waals surface area contributed by atoms with Crippen molar-refractivity contribution in [1.82, 2.24) is 14.8 Å². The van der Waals surface area contributed by atoms with Crippen LogP contribution in [0, 0.1) is 0 Å². The second-order valence-corrected chi connectivity index (χ2v) is 2.37. The fourth-order valence-electron chi connectivity index (χ4n) is 0.982. The summed E-state index contributed by atoms with van der Waals surface area (Å²) in [6, 6.07) is 5.14. The molecular formula is C8H7N3O. The molecule has 12 heavy (non-hydrogen) atoms. The summed E-state index contributed by atoms with van der Waals surface area (Å²) in [7, 11) is 0. The van der Waals surface area contributed by atoms with E-state index in [9.17, 15) is 4.79 Å². The first-order valence-corrected chi connectivity index (χ1v) is 3.54. The number of hydrogen-bond donors (Lipinski definition) is 1. The Balaban J connectivity index is 2.51. The van der Waals surface area contributed by atoms with Crippen LogP contribution in [-0.4, -0.2) is 14.8 Å². The summed E-state index contributed by atoms with van der Waals surface area (Å²) in [6.45, 7) is 0. The third-order valence-electron chi connectivity index (χ3n) is 1.53. The lowest BCUT2D eigenvalue weighted by Gasteiger charge is -1.98. The first-order valence-electron chi connectivity index (χ1n) is 3.54. The lowest BCUT2D eigenvalue weighted by molar-refractivity contribution is 0.858. The number of hydrogen-bond acceptors (Lipinski definition) is 2. The van der Waals surface area contributed by atoms with E-state index in [0.717, 1.165) is 5.69 Å². The molecule has 2 heterocycles. The van der Waals surface area contributed by atoms with Gasteiger partial charge in [0.1, 0.15) is 0 Å². The third-order valence-corrected chi connectivity index (χ3v) is 1.53. The molecule has 2 aromatic rings. The van der Waals surface area contributed by atoms with Crippen LogP contribution in [-0.2, 0) is 0 Å². The van der Waals surface area contributed by atoms with Gasteiger partial charge in [0.05, 0.1) is 11.9 Å². The SMILES string of the molecule is O=c1ccn(-c2cccnc2)[nH]1. The van der Waals surface area contributed by atoms with Crippen molar-refractivity contribution in [2.75, 3.05) is 0 Å². The van der Waals surface area contributed by atoms with E-state index in [2.05, 4.69) is 10.1 Å². The maximum absolute atomic E-state index is 10.8. The molecule has 0 spiro atoms. The van der Waals surface area contributed by atoms with E-state index in [1.807, 2.05) is 12.1 Å². The van der Waals surface area contributed by atoms with E-state index in [-0.39, 0.29) is 5.56 Å². The van der Waals surface area contributed by atoms with Gasteiger partial charge in [0.25, 0.3) is 5.56 Å². The van der Waals surface area contributed by atoms with Crippen LogP contribution in [0.3, 0.4) is 0 Å². The molecule has 0 aromatic carbocycles. The van der Waals surface area contributed by atoms with Crippen LogP contribution in [0.1, 0.15) is 0 Å². The Hall–Kier alpha value is -1.84. The number of nitrogens with one attached hydrogen (secondary N) is 1. The fraction of sp³-hybridized carbons (Fsp3) is 0. The van der Waals surface area contributed by atoms with Crippen molar-refractivity contribution in [2.45, 2.75) is 0 Å². The van der Waals surface area contributed by atoms with Gasteiger partial charge < -0.3 is 0 Å². The topological polar surface area (TPSA) is 50.7 Å². The van der Waals surface area contributed by atoms with E-state index in [1.54, 1.807) is 23.3 Å². The number of H-pyrrole nitrogens is 1. The predicted molar refractivity (Wildman–Crippen MR) is 44.2 cm³/mol. The molecule has 2 rings (SSSR count). The first kappa shape index (κ1) is 6.84. The molecule has 4 heteroatoms. The van der Waals surface area contributed by atoms with Crippen LogP contribution in [0.4, 0.5) is 0 Å². The van der Waals surface area contributed by atoms with E-state index in [0.29, 0.717) is 0 Å². The number of aromatic nitrogens is 3. The summed E-state index contributed by atoms with van der Waals surface area (Å²) < 4.78 is 1.62. The zero-order chi connectivity index (χ0) is 8.39. The number of rotatable bonds is 1. The highest BCUT2D eigenvalue weighted by Crippen LogP contribution is 1.99. The maximum Gasteiger partial charge on any atom is 0.264 e. The average molecular weight is 161 g/mol.